The number of hydrogen-bond donors (Lipinski definition) is 1. The van der Waals surface area contributed by atoms with E-state index in [1.165, 1.54) is 11.1 Å². The number of carbonyl (C=O) groups excluding carboxylic acids is 2. The maximum atomic E-state index is 13.7. The van der Waals surface area contributed by atoms with Gasteiger partial charge in [-0.1, -0.05) is 32.0 Å². The first-order valence-corrected chi connectivity index (χ1v) is 9.39. The maximum absolute atomic E-state index is 13.7. The maximum Gasteiger partial charge on any atom is 0.267 e. The van der Waals surface area contributed by atoms with E-state index in [1.807, 2.05) is 19.9 Å². The molecular formula is C21H29F2N3O3. The summed E-state index contributed by atoms with van der Waals surface area (Å²) in [7, 11) is 3.25. The molecule has 29 heavy (non-hydrogen) atoms. The lowest BCUT2D eigenvalue weighted by Gasteiger charge is -2.26. The zero-order chi connectivity index (χ0) is 21.6. The lowest BCUT2D eigenvalue weighted by atomic mass is 10.0. The number of hydrogen-bond acceptors (Lipinski definition) is 4. The Morgan fingerprint density at radius 1 is 1.31 bits per heavy atom. The molecule has 0 aliphatic carbocycles. The lowest BCUT2D eigenvalue weighted by molar-refractivity contribution is -0.132. The summed E-state index contributed by atoms with van der Waals surface area (Å²) < 4.78 is 31.7. The van der Waals surface area contributed by atoms with E-state index in [9.17, 15) is 18.4 Å². The van der Waals surface area contributed by atoms with Crippen LogP contribution in [0.5, 0.6) is 0 Å². The predicted molar refractivity (Wildman–Crippen MR) is 109 cm³/mol. The van der Waals surface area contributed by atoms with Gasteiger partial charge in [0.1, 0.15) is 0 Å². The van der Waals surface area contributed by atoms with Crippen molar-refractivity contribution < 1.29 is 24.5 Å². The van der Waals surface area contributed by atoms with Crippen LogP contribution in [0.4, 0.5) is 8.78 Å². The number of carbonyl (C=O) groups is 2. The molecule has 2 aromatic rings. The number of nitrogens with zero attached hydrogens (tertiary/aromatic N) is 2. The molecule has 2 heterocycles. The van der Waals surface area contributed by atoms with E-state index in [-0.39, 0.29) is 20.3 Å². The molecule has 8 heteroatoms. The van der Waals surface area contributed by atoms with Gasteiger partial charge < -0.3 is 15.0 Å². The van der Waals surface area contributed by atoms with Crippen molar-refractivity contribution in [2.24, 2.45) is 5.92 Å². The third-order valence-electron chi connectivity index (χ3n) is 4.69. The molecule has 160 valence electrons. The van der Waals surface area contributed by atoms with Crippen molar-refractivity contribution in [3.05, 3.63) is 42.1 Å². The molecule has 3 rings (SSSR count). The molecule has 6 nitrogen and oxygen atoms in total. The number of para-hydroxylation sites is 1. The van der Waals surface area contributed by atoms with E-state index in [4.69, 9.17) is 0 Å². The van der Waals surface area contributed by atoms with Gasteiger partial charge in [0.2, 0.25) is 5.91 Å². The molecule has 1 unspecified atom stereocenters. The molecule has 1 fully saturated rings. The number of fused-ring (bicyclic) bond motifs is 1. The van der Waals surface area contributed by atoms with Crippen molar-refractivity contribution in [2.75, 3.05) is 27.3 Å². The normalized spacial score (nSPS) is 17.8. The molecule has 1 aliphatic heterocycles. The number of aromatic nitrogens is 1. The number of methoxy groups -OCH3 is 1. The van der Waals surface area contributed by atoms with E-state index < -0.39 is 30.3 Å². The van der Waals surface area contributed by atoms with Crippen LogP contribution in [0.25, 0.3) is 10.9 Å². The first-order valence-electron chi connectivity index (χ1n) is 9.39. The van der Waals surface area contributed by atoms with Crippen LogP contribution in [-0.2, 0) is 9.53 Å². The average molecular weight is 409 g/mol. The number of alkyl halides is 2. The van der Waals surface area contributed by atoms with Crippen molar-refractivity contribution in [3.63, 3.8) is 0 Å². The van der Waals surface area contributed by atoms with E-state index in [0.717, 1.165) is 0 Å². The summed E-state index contributed by atoms with van der Waals surface area (Å²) in [4.78, 5) is 30.3. The van der Waals surface area contributed by atoms with Gasteiger partial charge in [-0.25, -0.2) is 8.78 Å². The number of likely N-dealkylation sites (tertiary alicyclic amines) is 1. The van der Waals surface area contributed by atoms with Crippen LogP contribution < -0.4 is 5.32 Å². The Morgan fingerprint density at radius 3 is 2.62 bits per heavy atom. The van der Waals surface area contributed by atoms with Crippen LogP contribution in [0.3, 0.4) is 0 Å². The summed E-state index contributed by atoms with van der Waals surface area (Å²) in [5, 5.41) is 3.23. The van der Waals surface area contributed by atoms with Gasteiger partial charge in [0, 0.05) is 39.7 Å². The Labute approximate surface area is 170 Å². The standard InChI is InChI=1S/C19H21F2N3O2.C2H6O.H2/c1-12(2)16-9-19(20,21)11-24(16)17(25)10-23-18(26)14-7-8-22-15-6-4-3-5-13(14)15;1-3-2;/h3-8,12,16H,9-11H2,1-2H3,(H,23,26);1-2H3;1H. The Bertz CT molecular complexity index is 859. The second kappa shape index (κ2) is 9.73. The molecule has 1 aromatic carbocycles. The highest BCUT2D eigenvalue weighted by Crippen LogP contribution is 2.35. The molecule has 1 aliphatic rings. The van der Waals surface area contributed by atoms with Crippen molar-refractivity contribution in [2.45, 2.75) is 32.2 Å². The third kappa shape index (κ3) is 5.69. The van der Waals surface area contributed by atoms with Gasteiger partial charge in [-0.3, -0.25) is 14.6 Å². The van der Waals surface area contributed by atoms with Crippen molar-refractivity contribution in [3.8, 4) is 0 Å². The fourth-order valence-electron chi connectivity index (χ4n) is 3.36. The Balaban J connectivity index is 0.00000106. The minimum atomic E-state index is -2.88. The average Bonchev–Trinajstić information content (AvgIpc) is 3.02. The van der Waals surface area contributed by atoms with E-state index >= 15 is 0 Å². The van der Waals surface area contributed by atoms with Crippen LogP contribution >= 0.6 is 0 Å². The van der Waals surface area contributed by atoms with Crippen molar-refractivity contribution in [1.29, 1.82) is 0 Å². The van der Waals surface area contributed by atoms with E-state index in [0.29, 0.717) is 16.5 Å². The number of ether oxygens (including phenoxy) is 1. The Hall–Kier alpha value is -2.61. The van der Waals surface area contributed by atoms with Crippen LogP contribution in [0.15, 0.2) is 36.5 Å². The smallest absolute Gasteiger partial charge is 0.267 e. The Morgan fingerprint density at radius 2 is 1.97 bits per heavy atom. The molecule has 0 saturated carbocycles. The van der Waals surface area contributed by atoms with Crippen molar-refractivity contribution in [1.82, 2.24) is 15.2 Å². The van der Waals surface area contributed by atoms with Gasteiger partial charge in [-0.05, 0) is 18.1 Å². The lowest BCUT2D eigenvalue weighted by Crippen LogP contribution is -2.44. The first kappa shape index (κ1) is 22.7. The summed E-state index contributed by atoms with van der Waals surface area (Å²) in [6, 6.07) is 8.23. The number of halogens is 2. The molecule has 0 bridgehead atoms. The second-order valence-corrected chi connectivity index (χ2v) is 7.36. The number of pyridine rings is 1. The fraction of sp³-hybridized carbons (Fsp3) is 0.476. The highest BCUT2D eigenvalue weighted by molar-refractivity contribution is 6.06. The van der Waals surface area contributed by atoms with Gasteiger partial charge in [0.25, 0.3) is 11.8 Å². The zero-order valence-electron chi connectivity index (χ0n) is 17.1. The van der Waals surface area contributed by atoms with Gasteiger partial charge in [-0.15, -0.1) is 0 Å². The SMILES string of the molecule is CC(C)C1CC(F)(F)CN1C(=O)CNC(=O)c1ccnc2ccccc12.COC.[HH]. The molecule has 1 saturated heterocycles. The van der Waals surface area contributed by atoms with Crippen molar-refractivity contribution >= 4 is 22.7 Å². The quantitative estimate of drug-likeness (QED) is 0.841. The summed E-state index contributed by atoms with van der Waals surface area (Å²) in [5.41, 5.74) is 1.07. The number of rotatable bonds is 4. The fourth-order valence-corrected chi connectivity index (χ4v) is 3.36. The highest BCUT2D eigenvalue weighted by Gasteiger charge is 2.47. The summed E-state index contributed by atoms with van der Waals surface area (Å²) in [6.07, 6.45) is 1.19. The van der Waals surface area contributed by atoms with Crippen LogP contribution in [-0.4, -0.2) is 61.0 Å². The van der Waals surface area contributed by atoms with Crippen LogP contribution in [0, 0.1) is 5.92 Å². The minimum Gasteiger partial charge on any atom is -0.388 e. The number of nitrogens with one attached hydrogen (secondary N) is 1. The topological polar surface area (TPSA) is 71.5 Å². The third-order valence-corrected chi connectivity index (χ3v) is 4.69. The molecule has 2 amide bonds. The Kier molecular flexibility index (Phi) is 7.61. The number of benzene rings is 1. The van der Waals surface area contributed by atoms with Gasteiger partial charge in [0.15, 0.2) is 0 Å². The van der Waals surface area contributed by atoms with Crippen LogP contribution in [0.1, 0.15) is 32.1 Å². The first-order chi connectivity index (χ1) is 13.7. The molecule has 0 radical (unpaired) electrons. The molecule has 1 aromatic heterocycles. The largest absolute Gasteiger partial charge is 0.388 e. The predicted octanol–water partition coefficient (Wildman–Crippen LogP) is 3.37. The van der Waals surface area contributed by atoms with E-state index in [2.05, 4.69) is 15.0 Å². The molecule has 1 N–H and O–H groups in total. The minimum absolute atomic E-state index is 0. The monoisotopic (exact) mass is 409 g/mol. The summed E-state index contributed by atoms with van der Waals surface area (Å²) in [6.45, 7) is 2.72. The molecule has 1 atom stereocenters. The highest BCUT2D eigenvalue weighted by atomic mass is 19.3. The molecular weight excluding hydrogens is 380 g/mol. The van der Waals surface area contributed by atoms with Gasteiger partial charge >= 0.3 is 0 Å². The van der Waals surface area contributed by atoms with Gasteiger partial charge in [0.05, 0.1) is 24.2 Å². The summed E-state index contributed by atoms with van der Waals surface area (Å²) in [5.74, 6) is -3.88. The number of amides is 2. The van der Waals surface area contributed by atoms with Gasteiger partial charge in [-0.2, -0.15) is 0 Å². The van der Waals surface area contributed by atoms with E-state index in [1.54, 1.807) is 38.5 Å². The second-order valence-electron chi connectivity index (χ2n) is 7.36. The summed E-state index contributed by atoms with van der Waals surface area (Å²) >= 11 is 0. The van der Waals surface area contributed by atoms with Crippen LogP contribution in [0.2, 0.25) is 0 Å². The molecule has 0 spiro atoms. The zero-order valence-corrected chi connectivity index (χ0v) is 17.1.